The van der Waals surface area contributed by atoms with Crippen molar-refractivity contribution in [2.75, 3.05) is 12.0 Å². The van der Waals surface area contributed by atoms with Gasteiger partial charge in [0.2, 0.25) is 0 Å². The highest BCUT2D eigenvalue weighted by Gasteiger charge is 2.09. The minimum absolute atomic E-state index is 0.215. The molecule has 1 unspecified atom stereocenters. The number of sulfone groups is 1. The van der Waals surface area contributed by atoms with Crippen molar-refractivity contribution in [1.29, 1.82) is 0 Å². The maximum atomic E-state index is 11.0. The van der Waals surface area contributed by atoms with E-state index < -0.39 is 9.84 Å². The minimum Gasteiger partial charge on any atom is -0.271 e. The van der Waals surface area contributed by atoms with Crippen molar-refractivity contribution < 1.29 is 8.42 Å². The second-order valence-corrected chi connectivity index (χ2v) is 7.90. The van der Waals surface area contributed by atoms with Gasteiger partial charge in [0.15, 0.2) is 0 Å². The Morgan fingerprint density at radius 1 is 1.39 bits per heavy atom. The van der Waals surface area contributed by atoms with E-state index in [2.05, 4.69) is 22.9 Å². The molecule has 0 amide bonds. The van der Waals surface area contributed by atoms with Gasteiger partial charge >= 0.3 is 0 Å². The lowest BCUT2D eigenvalue weighted by molar-refractivity contribution is 0.447. The van der Waals surface area contributed by atoms with Gasteiger partial charge in [0.05, 0.1) is 0 Å². The summed E-state index contributed by atoms with van der Waals surface area (Å²) in [4.78, 5) is 1.39. The van der Waals surface area contributed by atoms with Crippen LogP contribution >= 0.6 is 11.3 Å². The van der Waals surface area contributed by atoms with Crippen LogP contribution in [0.3, 0.4) is 0 Å². The normalized spacial score (nSPS) is 13.7. The van der Waals surface area contributed by atoms with Gasteiger partial charge in [-0.1, -0.05) is 6.07 Å². The van der Waals surface area contributed by atoms with E-state index in [0.29, 0.717) is 6.42 Å². The van der Waals surface area contributed by atoms with Gasteiger partial charge in [0, 0.05) is 22.9 Å². The highest BCUT2D eigenvalue weighted by molar-refractivity contribution is 7.90. The lowest BCUT2D eigenvalue weighted by atomic mass is 10.1. The van der Waals surface area contributed by atoms with Gasteiger partial charge in [-0.25, -0.2) is 8.42 Å². The molecule has 1 atom stereocenters. The summed E-state index contributed by atoms with van der Waals surface area (Å²) in [6.07, 6.45) is 5.89. The molecule has 0 bridgehead atoms. The molecule has 0 aliphatic rings. The van der Waals surface area contributed by atoms with E-state index in [0.717, 1.165) is 25.7 Å². The number of hydrogen-bond donors (Lipinski definition) is 2. The average molecular weight is 290 g/mol. The highest BCUT2D eigenvalue weighted by Crippen LogP contribution is 2.14. The van der Waals surface area contributed by atoms with Crippen molar-refractivity contribution in [1.82, 2.24) is 5.43 Å². The maximum absolute atomic E-state index is 11.0. The van der Waals surface area contributed by atoms with Gasteiger partial charge in [-0.15, -0.1) is 11.3 Å². The summed E-state index contributed by atoms with van der Waals surface area (Å²) < 4.78 is 22.0. The van der Waals surface area contributed by atoms with Gasteiger partial charge < -0.3 is 0 Å². The van der Waals surface area contributed by atoms with Crippen LogP contribution in [0.4, 0.5) is 0 Å². The summed E-state index contributed by atoms with van der Waals surface area (Å²) in [5.74, 6) is 5.73. The molecule has 0 spiro atoms. The predicted molar refractivity (Wildman–Crippen MR) is 77.3 cm³/mol. The quantitative estimate of drug-likeness (QED) is 0.536. The summed E-state index contributed by atoms with van der Waals surface area (Å²) in [6.45, 7) is 0. The average Bonchev–Trinajstić information content (AvgIpc) is 2.78. The molecule has 1 rings (SSSR count). The highest BCUT2D eigenvalue weighted by atomic mass is 32.2. The van der Waals surface area contributed by atoms with Gasteiger partial charge in [0.1, 0.15) is 9.84 Å². The fourth-order valence-electron chi connectivity index (χ4n) is 1.88. The van der Waals surface area contributed by atoms with Crippen LogP contribution in [-0.4, -0.2) is 26.5 Å². The topological polar surface area (TPSA) is 72.2 Å². The fourth-order valence-corrected chi connectivity index (χ4v) is 3.32. The molecule has 0 saturated carbocycles. The summed E-state index contributed by atoms with van der Waals surface area (Å²) in [7, 11) is -2.85. The molecule has 0 aliphatic heterocycles. The number of hydrazine groups is 1. The zero-order valence-electron chi connectivity index (χ0n) is 10.8. The van der Waals surface area contributed by atoms with Gasteiger partial charge in [-0.2, -0.15) is 0 Å². The van der Waals surface area contributed by atoms with E-state index in [1.165, 1.54) is 11.1 Å². The largest absolute Gasteiger partial charge is 0.271 e. The van der Waals surface area contributed by atoms with Crippen molar-refractivity contribution in [3.63, 3.8) is 0 Å². The lowest BCUT2D eigenvalue weighted by Crippen LogP contribution is -2.35. The van der Waals surface area contributed by atoms with Gasteiger partial charge in [0.25, 0.3) is 0 Å². The van der Waals surface area contributed by atoms with Gasteiger partial charge in [-0.3, -0.25) is 11.3 Å². The second-order valence-electron chi connectivity index (χ2n) is 4.61. The molecule has 0 radical (unpaired) electrons. The molecule has 1 aromatic rings. The Balaban J connectivity index is 2.17. The number of aryl methyl sites for hydroxylation is 1. The Bertz CT molecular complexity index is 415. The van der Waals surface area contributed by atoms with Crippen molar-refractivity contribution in [3.8, 4) is 0 Å². The van der Waals surface area contributed by atoms with Crippen LogP contribution < -0.4 is 11.3 Å². The number of rotatable bonds is 9. The van der Waals surface area contributed by atoms with Crippen LogP contribution in [0.1, 0.15) is 30.6 Å². The molecule has 0 saturated heterocycles. The number of nitrogens with one attached hydrogen (secondary N) is 1. The molecule has 6 heteroatoms. The molecule has 1 aromatic heterocycles. The molecule has 1 heterocycles. The third kappa shape index (κ3) is 7.10. The first-order chi connectivity index (χ1) is 8.51. The molecule has 104 valence electrons. The second kappa shape index (κ2) is 7.89. The van der Waals surface area contributed by atoms with E-state index in [9.17, 15) is 8.42 Å². The van der Waals surface area contributed by atoms with Gasteiger partial charge in [-0.05, 0) is 43.6 Å². The van der Waals surface area contributed by atoms with Crippen molar-refractivity contribution in [2.45, 2.75) is 38.1 Å². The summed E-state index contributed by atoms with van der Waals surface area (Å²) >= 11 is 1.77. The molecular formula is C12H22N2O2S2. The number of thiophene rings is 1. The number of nitrogens with two attached hydrogens (primary N) is 1. The Kier molecular flexibility index (Phi) is 6.85. The fraction of sp³-hybridized carbons (Fsp3) is 0.667. The molecule has 0 fully saturated rings. The third-order valence-electron chi connectivity index (χ3n) is 2.86. The zero-order valence-corrected chi connectivity index (χ0v) is 12.4. The maximum Gasteiger partial charge on any atom is 0.147 e. The standard InChI is InChI=1S/C12H22N2O2S2/c1-18(15,16)10-4-6-11(14-13)5-2-7-12-8-3-9-17-12/h3,8-9,11,14H,2,4-7,10,13H2,1H3. The van der Waals surface area contributed by atoms with E-state index in [-0.39, 0.29) is 11.8 Å². The van der Waals surface area contributed by atoms with Crippen LogP contribution in [0.5, 0.6) is 0 Å². The summed E-state index contributed by atoms with van der Waals surface area (Å²) in [5, 5.41) is 2.08. The van der Waals surface area contributed by atoms with Crippen molar-refractivity contribution >= 4 is 21.2 Å². The Morgan fingerprint density at radius 2 is 2.11 bits per heavy atom. The van der Waals surface area contributed by atoms with E-state index in [1.54, 1.807) is 11.3 Å². The SMILES string of the molecule is CS(=O)(=O)CCCC(CCCc1cccs1)NN. The van der Waals surface area contributed by atoms with Crippen LogP contribution in [0.15, 0.2) is 17.5 Å². The zero-order chi connectivity index (χ0) is 13.4. The monoisotopic (exact) mass is 290 g/mol. The molecular weight excluding hydrogens is 268 g/mol. The van der Waals surface area contributed by atoms with Crippen LogP contribution in [0, 0.1) is 0 Å². The van der Waals surface area contributed by atoms with Crippen LogP contribution in [-0.2, 0) is 16.3 Å². The Morgan fingerprint density at radius 3 is 2.67 bits per heavy atom. The van der Waals surface area contributed by atoms with E-state index in [1.807, 2.05) is 0 Å². The summed E-state index contributed by atoms with van der Waals surface area (Å²) in [6, 6.07) is 4.41. The van der Waals surface area contributed by atoms with Crippen molar-refractivity contribution in [3.05, 3.63) is 22.4 Å². The Hall–Kier alpha value is -0.430. The minimum atomic E-state index is -2.85. The number of hydrogen-bond acceptors (Lipinski definition) is 5. The molecule has 0 aliphatic carbocycles. The molecule has 18 heavy (non-hydrogen) atoms. The first kappa shape index (κ1) is 15.6. The Labute approximate surface area is 113 Å². The first-order valence-electron chi connectivity index (χ1n) is 6.17. The van der Waals surface area contributed by atoms with E-state index >= 15 is 0 Å². The molecule has 4 nitrogen and oxygen atoms in total. The summed E-state index contributed by atoms with van der Waals surface area (Å²) in [5.41, 5.74) is 2.78. The van der Waals surface area contributed by atoms with Crippen LogP contribution in [0.25, 0.3) is 0 Å². The molecule has 3 N–H and O–H groups in total. The van der Waals surface area contributed by atoms with Crippen molar-refractivity contribution in [2.24, 2.45) is 5.84 Å². The predicted octanol–water partition coefficient (Wildman–Crippen LogP) is 1.73. The molecule has 0 aromatic carbocycles. The smallest absolute Gasteiger partial charge is 0.147 e. The third-order valence-corrected chi connectivity index (χ3v) is 4.83. The lowest BCUT2D eigenvalue weighted by Gasteiger charge is -2.15. The van der Waals surface area contributed by atoms with Crippen LogP contribution in [0.2, 0.25) is 0 Å². The first-order valence-corrected chi connectivity index (χ1v) is 9.11. The van der Waals surface area contributed by atoms with E-state index in [4.69, 9.17) is 5.84 Å².